The van der Waals surface area contributed by atoms with Gasteiger partial charge in [0.2, 0.25) is 0 Å². The summed E-state index contributed by atoms with van der Waals surface area (Å²) in [5.41, 5.74) is 5.57. The molecule has 2 rings (SSSR count). The summed E-state index contributed by atoms with van der Waals surface area (Å²) in [6, 6.07) is 3.04. The van der Waals surface area contributed by atoms with Crippen LogP contribution in [0.5, 0.6) is 0 Å². The number of hydrogen-bond acceptors (Lipinski definition) is 3. The Kier molecular flexibility index (Phi) is 2.50. The minimum atomic E-state index is -0.571. The van der Waals surface area contributed by atoms with Crippen molar-refractivity contribution >= 4 is 0 Å². The van der Waals surface area contributed by atoms with Crippen molar-refractivity contribution < 1.29 is 0 Å². The van der Waals surface area contributed by atoms with Crippen molar-refractivity contribution in [3.63, 3.8) is 0 Å². The fourth-order valence-corrected chi connectivity index (χ4v) is 2.13. The minimum absolute atomic E-state index is 0.459. The van der Waals surface area contributed by atoms with E-state index in [1.165, 1.54) is 12.8 Å². The molecule has 2 saturated carbocycles. The molecule has 1 atom stereocenters. The van der Waals surface area contributed by atoms with Crippen molar-refractivity contribution in [2.24, 2.45) is 11.7 Å². The summed E-state index contributed by atoms with van der Waals surface area (Å²) in [6.07, 6.45) is 4.87. The van der Waals surface area contributed by atoms with Gasteiger partial charge in [-0.05, 0) is 38.1 Å². The zero-order valence-corrected chi connectivity index (χ0v) is 8.87. The van der Waals surface area contributed by atoms with Crippen LogP contribution < -0.4 is 5.73 Å². The maximum atomic E-state index is 9.14. The Morgan fingerprint density at radius 3 is 2.43 bits per heavy atom. The Labute approximate surface area is 85.9 Å². The highest BCUT2D eigenvalue weighted by atomic mass is 15.2. The summed E-state index contributed by atoms with van der Waals surface area (Å²) < 4.78 is 0. The first-order valence-electron chi connectivity index (χ1n) is 5.64. The molecule has 3 heteroatoms. The highest BCUT2D eigenvalue weighted by Crippen LogP contribution is 2.39. The lowest BCUT2D eigenvalue weighted by Gasteiger charge is -2.29. The molecule has 0 radical (unpaired) electrons. The lowest BCUT2D eigenvalue weighted by Crippen LogP contribution is -2.51. The van der Waals surface area contributed by atoms with Gasteiger partial charge in [-0.25, -0.2) is 0 Å². The SMILES string of the molecule is CCN(CC(N)(C#N)C1CC1)C1CC1. The van der Waals surface area contributed by atoms with E-state index in [4.69, 9.17) is 11.0 Å². The van der Waals surface area contributed by atoms with Gasteiger partial charge in [0.15, 0.2) is 0 Å². The zero-order valence-electron chi connectivity index (χ0n) is 8.87. The van der Waals surface area contributed by atoms with Crippen molar-refractivity contribution in [2.75, 3.05) is 13.1 Å². The molecule has 0 aliphatic heterocycles. The van der Waals surface area contributed by atoms with Crippen LogP contribution in [0, 0.1) is 17.2 Å². The third-order valence-corrected chi connectivity index (χ3v) is 3.45. The standard InChI is InChI=1S/C11H19N3/c1-2-14(10-5-6-10)8-11(13,7-12)9-3-4-9/h9-10H,2-6,8,13H2,1H3. The molecule has 1 unspecified atom stereocenters. The molecule has 0 spiro atoms. The van der Waals surface area contributed by atoms with Crippen LogP contribution in [0.1, 0.15) is 32.6 Å². The van der Waals surface area contributed by atoms with Crippen LogP contribution >= 0.6 is 0 Å². The number of rotatable bonds is 5. The summed E-state index contributed by atoms with van der Waals surface area (Å²) in [4.78, 5) is 2.38. The van der Waals surface area contributed by atoms with Gasteiger partial charge in [0.1, 0.15) is 5.54 Å². The first kappa shape index (κ1) is 9.95. The Morgan fingerprint density at radius 2 is 2.07 bits per heavy atom. The molecular formula is C11H19N3. The molecule has 0 aromatic heterocycles. The smallest absolute Gasteiger partial charge is 0.119 e. The molecule has 2 fully saturated rings. The summed E-state index contributed by atoms with van der Waals surface area (Å²) in [5.74, 6) is 0.459. The first-order chi connectivity index (χ1) is 6.69. The largest absolute Gasteiger partial charge is 0.312 e. The summed E-state index contributed by atoms with van der Waals surface area (Å²) in [5, 5.41) is 9.14. The van der Waals surface area contributed by atoms with Crippen molar-refractivity contribution in [3.05, 3.63) is 0 Å². The third kappa shape index (κ3) is 1.92. The van der Waals surface area contributed by atoms with Gasteiger partial charge in [0.05, 0.1) is 6.07 Å². The predicted molar refractivity (Wildman–Crippen MR) is 55.5 cm³/mol. The van der Waals surface area contributed by atoms with Crippen molar-refractivity contribution in [3.8, 4) is 6.07 Å². The van der Waals surface area contributed by atoms with E-state index in [1.54, 1.807) is 0 Å². The second kappa shape index (κ2) is 3.52. The Hall–Kier alpha value is -0.590. The molecule has 0 heterocycles. The average molecular weight is 193 g/mol. The molecule has 0 aromatic carbocycles. The van der Waals surface area contributed by atoms with Crippen molar-refractivity contribution in [1.29, 1.82) is 5.26 Å². The molecule has 0 saturated heterocycles. The molecule has 78 valence electrons. The lowest BCUT2D eigenvalue weighted by atomic mass is 9.95. The quantitative estimate of drug-likeness (QED) is 0.711. The molecule has 0 amide bonds. The summed E-state index contributed by atoms with van der Waals surface area (Å²) in [6.45, 7) is 3.95. The van der Waals surface area contributed by atoms with Gasteiger partial charge in [0, 0.05) is 12.6 Å². The second-order valence-electron chi connectivity index (χ2n) is 4.72. The summed E-state index contributed by atoms with van der Waals surface area (Å²) in [7, 11) is 0. The summed E-state index contributed by atoms with van der Waals surface area (Å²) >= 11 is 0. The fraction of sp³-hybridized carbons (Fsp3) is 0.909. The number of hydrogen-bond donors (Lipinski definition) is 1. The van der Waals surface area contributed by atoms with E-state index in [0.29, 0.717) is 5.92 Å². The Bertz CT molecular complexity index is 250. The molecule has 2 N–H and O–H groups in total. The molecule has 2 aliphatic carbocycles. The van der Waals surface area contributed by atoms with Gasteiger partial charge in [-0.1, -0.05) is 6.92 Å². The van der Waals surface area contributed by atoms with Crippen LogP contribution in [0.25, 0.3) is 0 Å². The van der Waals surface area contributed by atoms with Crippen LogP contribution in [0.2, 0.25) is 0 Å². The Balaban J connectivity index is 1.95. The molecule has 0 bridgehead atoms. The number of likely N-dealkylation sites (N-methyl/N-ethyl adjacent to an activating group) is 1. The molecule has 14 heavy (non-hydrogen) atoms. The van der Waals surface area contributed by atoms with Crippen LogP contribution in [-0.2, 0) is 0 Å². The fourth-order valence-electron chi connectivity index (χ4n) is 2.13. The van der Waals surface area contributed by atoms with Crippen LogP contribution in [0.4, 0.5) is 0 Å². The van der Waals surface area contributed by atoms with E-state index in [9.17, 15) is 0 Å². The number of nitrogens with two attached hydrogens (primary N) is 1. The normalized spacial score (nSPS) is 25.9. The van der Waals surface area contributed by atoms with Crippen molar-refractivity contribution in [1.82, 2.24) is 4.90 Å². The van der Waals surface area contributed by atoms with E-state index in [1.807, 2.05) is 0 Å². The van der Waals surface area contributed by atoms with E-state index < -0.39 is 5.54 Å². The third-order valence-electron chi connectivity index (χ3n) is 3.45. The van der Waals surface area contributed by atoms with Gasteiger partial charge >= 0.3 is 0 Å². The Morgan fingerprint density at radius 1 is 1.43 bits per heavy atom. The number of nitriles is 1. The maximum absolute atomic E-state index is 9.14. The monoisotopic (exact) mass is 193 g/mol. The van der Waals surface area contributed by atoms with E-state index >= 15 is 0 Å². The van der Waals surface area contributed by atoms with Crippen LogP contribution in [0.3, 0.4) is 0 Å². The highest BCUT2D eigenvalue weighted by Gasteiger charge is 2.45. The minimum Gasteiger partial charge on any atom is -0.312 e. The van der Waals surface area contributed by atoms with Gasteiger partial charge in [-0.3, -0.25) is 4.90 Å². The zero-order chi connectivity index (χ0) is 10.2. The molecular weight excluding hydrogens is 174 g/mol. The predicted octanol–water partition coefficient (Wildman–Crippen LogP) is 1.10. The van der Waals surface area contributed by atoms with Crippen LogP contribution in [-0.4, -0.2) is 29.6 Å². The van der Waals surface area contributed by atoms with Crippen molar-refractivity contribution in [2.45, 2.75) is 44.2 Å². The van der Waals surface area contributed by atoms with Gasteiger partial charge < -0.3 is 5.73 Å². The molecule has 0 aromatic rings. The first-order valence-corrected chi connectivity index (χ1v) is 5.64. The average Bonchev–Trinajstić information content (AvgIpc) is 3.05. The highest BCUT2D eigenvalue weighted by molar-refractivity contribution is 5.15. The van der Waals surface area contributed by atoms with E-state index in [0.717, 1.165) is 32.0 Å². The van der Waals surface area contributed by atoms with Gasteiger partial charge in [0.25, 0.3) is 0 Å². The van der Waals surface area contributed by atoms with Gasteiger partial charge in [-0.2, -0.15) is 5.26 Å². The van der Waals surface area contributed by atoms with Gasteiger partial charge in [-0.15, -0.1) is 0 Å². The maximum Gasteiger partial charge on any atom is 0.119 e. The van der Waals surface area contributed by atoms with Crippen LogP contribution in [0.15, 0.2) is 0 Å². The molecule has 3 nitrogen and oxygen atoms in total. The van der Waals surface area contributed by atoms with E-state index in [2.05, 4.69) is 17.9 Å². The lowest BCUT2D eigenvalue weighted by molar-refractivity contribution is 0.222. The second-order valence-corrected chi connectivity index (χ2v) is 4.72. The molecule has 2 aliphatic rings. The number of nitrogens with zero attached hydrogens (tertiary/aromatic N) is 2. The topological polar surface area (TPSA) is 53.0 Å². The van der Waals surface area contributed by atoms with E-state index in [-0.39, 0.29) is 0 Å².